The second-order valence-corrected chi connectivity index (χ2v) is 1.63. The molecular formula is C10H18O6Si. The molecule has 0 radical (unpaired) electrons. The molecule has 0 aromatic heterocycles. The lowest BCUT2D eigenvalue weighted by atomic mass is 10.7. The smallest absolute Gasteiger partial charge is 0.327 e. The highest BCUT2D eigenvalue weighted by atomic mass is 28.1. The van der Waals surface area contributed by atoms with Crippen LogP contribution in [0.4, 0.5) is 0 Å². The minimum atomic E-state index is -0.981. The van der Waals surface area contributed by atoms with Crippen molar-refractivity contribution >= 4 is 28.2 Å². The van der Waals surface area contributed by atoms with Crippen molar-refractivity contribution in [2.75, 3.05) is 0 Å². The van der Waals surface area contributed by atoms with Gasteiger partial charge in [-0.3, -0.25) is 0 Å². The molecule has 0 saturated heterocycles. The molecule has 0 aliphatic rings. The first kappa shape index (κ1) is 24.2. The van der Waals surface area contributed by atoms with Crippen LogP contribution < -0.4 is 0 Å². The molecular weight excluding hydrogens is 244 g/mol. The Bertz CT molecular complexity index is 217. The summed E-state index contributed by atoms with van der Waals surface area (Å²) >= 11 is 0. The Morgan fingerprint density at radius 1 is 0.765 bits per heavy atom. The summed E-state index contributed by atoms with van der Waals surface area (Å²) in [6.45, 7) is 11.0. The highest BCUT2D eigenvalue weighted by Gasteiger charge is 1.74. The maximum Gasteiger partial charge on any atom is 0.327 e. The number of hydrogen-bond acceptors (Lipinski definition) is 3. The fraction of sp³-hybridized carbons (Fsp3) is 0.100. The maximum atomic E-state index is 9.25. The molecule has 0 bridgehead atoms. The molecule has 0 aliphatic carbocycles. The summed E-state index contributed by atoms with van der Waals surface area (Å²) < 4.78 is 0. The van der Waals surface area contributed by atoms with Crippen LogP contribution in [0.2, 0.25) is 6.55 Å². The summed E-state index contributed by atoms with van der Waals surface area (Å²) in [6.07, 6.45) is 2.50. The van der Waals surface area contributed by atoms with Gasteiger partial charge in [0.2, 0.25) is 0 Å². The van der Waals surface area contributed by atoms with Gasteiger partial charge in [0.05, 0.1) is 0 Å². The molecule has 0 fully saturated rings. The molecule has 0 amide bonds. The van der Waals surface area contributed by atoms with Gasteiger partial charge in [-0.05, 0) is 10.2 Å². The molecule has 0 atom stereocenters. The second kappa shape index (κ2) is 23.6. The van der Waals surface area contributed by atoms with E-state index in [1.807, 2.05) is 0 Å². The fourth-order valence-electron chi connectivity index (χ4n) is 0. The van der Waals surface area contributed by atoms with Gasteiger partial charge in [-0.25, -0.2) is 14.4 Å². The van der Waals surface area contributed by atoms with Gasteiger partial charge >= 0.3 is 17.9 Å². The van der Waals surface area contributed by atoms with Crippen molar-refractivity contribution in [3.63, 3.8) is 0 Å². The number of rotatable bonds is 3. The van der Waals surface area contributed by atoms with Crippen molar-refractivity contribution in [2.45, 2.75) is 6.55 Å². The Hall–Kier alpha value is -2.15. The van der Waals surface area contributed by atoms with E-state index in [0.717, 1.165) is 18.2 Å². The quantitative estimate of drug-likeness (QED) is 0.494. The number of carboxylic acid groups (broad SMARTS) is 3. The topological polar surface area (TPSA) is 112 Å². The van der Waals surface area contributed by atoms with E-state index in [1.54, 1.807) is 0 Å². The zero-order valence-electron chi connectivity index (χ0n) is 9.92. The molecule has 17 heavy (non-hydrogen) atoms. The summed E-state index contributed by atoms with van der Waals surface area (Å²) in [7, 11) is 1.31. The molecule has 3 N–H and O–H groups in total. The van der Waals surface area contributed by atoms with Crippen LogP contribution in [0.3, 0.4) is 0 Å². The fourth-order valence-corrected chi connectivity index (χ4v) is 0. The third kappa shape index (κ3) is 131. The summed E-state index contributed by atoms with van der Waals surface area (Å²) in [4.78, 5) is 27.8. The first-order valence-electron chi connectivity index (χ1n) is 4.37. The zero-order valence-corrected chi connectivity index (χ0v) is 11.9. The van der Waals surface area contributed by atoms with Crippen LogP contribution in [0.1, 0.15) is 0 Å². The Morgan fingerprint density at radius 2 is 0.824 bits per heavy atom. The van der Waals surface area contributed by atoms with Crippen molar-refractivity contribution < 1.29 is 29.7 Å². The maximum absolute atomic E-state index is 9.25. The van der Waals surface area contributed by atoms with Crippen LogP contribution in [0.15, 0.2) is 38.0 Å². The molecule has 0 aliphatic heterocycles. The SMILES string of the molecule is C=CC(=O)O.C=CC(=O)O.C=CC(=O)O.C[SiH3]. The van der Waals surface area contributed by atoms with Crippen molar-refractivity contribution in [3.8, 4) is 0 Å². The molecule has 7 heteroatoms. The van der Waals surface area contributed by atoms with Crippen LogP contribution >= 0.6 is 0 Å². The van der Waals surface area contributed by atoms with Gasteiger partial charge in [0.15, 0.2) is 0 Å². The third-order valence-corrected chi connectivity index (χ3v) is 0.524. The standard InChI is InChI=1S/3C3H4O2.CH6Si/c3*1-2-3(4)5;1-2/h3*2H,1H2,(H,4,5);1-2H3. The molecule has 0 spiro atoms. The summed E-state index contributed by atoms with van der Waals surface area (Å²) in [5.74, 6) is -2.94. The normalized spacial score (nSPS) is 6.18. The van der Waals surface area contributed by atoms with Gasteiger partial charge in [0, 0.05) is 18.2 Å². The molecule has 0 unspecified atom stereocenters. The van der Waals surface area contributed by atoms with E-state index in [2.05, 4.69) is 26.3 Å². The van der Waals surface area contributed by atoms with Gasteiger partial charge in [-0.2, -0.15) is 0 Å². The molecule has 0 rings (SSSR count). The van der Waals surface area contributed by atoms with Crippen molar-refractivity contribution in [2.24, 2.45) is 0 Å². The van der Waals surface area contributed by atoms with Crippen LogP contribution in [-0.4, -0.2) is 43.5 Å². The van der Waals surface area contributed by atoms with Crippen molar-refractivity contribution in [1.82, 2.24) is 0 Å². The van der Waals surface area contributed by atoms with E-state index in [9.17, 15) is 14.4 Å². The molecule has 98 valence electrons. The lowest BCUT2D eigenvalue weighted by molar-refractivity contribution is -0.132. The van der Waals surface area contributed by atoms with Crippen molar-refractivity contribution in [3.05, 3.63) is 38.0 Å². The van der Waals surface area contributed by atoms with Crippen molar-refractivity contribution in [1.29, 1.82) is 0 Å². The predicted octanol–water partition coefficient (Wildman–Crippen LogP) is 0.171. The van der Waals surface area contributed by atoms with Crippen LogP contribution in [-0.2, 0) is 14.4 Å². The Balaban J connectivity index is -0.0000000693. The molecule has 0 saturated carbocycles. The second-order valence-electron chi connectivity index (χ2n) is 1.63. The van der Waals surface area contributed by atoms with Gasteiger partial charge in [-0.1, -0.05) is 26.3 Å². The molecule has 6 nitrogen and oxygen atoms in total. The number of hydrogen-bond donors (Lipinski definition) is 3. The largest absolute Gasteiger partial charge is 0.478 e. The van der Waals surface area contributed by atoms with Gasteiger partial charge in [0.1, 0.15) is 0 Å². The third-order valence-electron chi connectivity index (χ3n) is 0.524. The van der Waals surface area contributed by atoms with Gasteiger partial charge in [-0.15, -0.1) is 0 Å². The lowest BCUT2D eigenvalue weighted by Crippen LogP contribution is -1.82. The predicted molar refractivity (Wildman–Crippen MR) is 69.3 cm³/mol. The van der Waals surface area contributed by atoms with E-state index in [1.165, 1.54) is 10.2 Å². The number of aliphatic carboxylic acids is 3. The average molecular weight is 262 g/mol. The van der Waals surface area contributed by atoms with Gasteiger partial charge in [0.25, 0.3) is 0 Å². The van der Waals surface area contributed by atoms with E-state index >= 15 is 0 Å². The summed E-state index contributed by atoms with van der Waals surface area (Å²) in [6, 6.07) is 0. The Kier molecular flexibility index (Phi) is 33.5. The number of carbonyl (C=O) groups is 3. The van der Waals surface area contributed by atoms with E-state index in [4.69, 9.17) is 15.3 Å². The van der Waals surface area contributed by atoms with E-state index in [0.29, 0.717) is 0 Å². The molecule has 0 aromatic rings. The molecule has 0 aromatic carbocycles. The Labute approximate surface area is 103 Å². The first-order chi connectivity index (χ1) is 7.81. The minimum absolute atomic E-state index is 0.833. The minimum Gasteiger partial charge on any atom is -0.478 e. The lowest BCUT2D eigenvalue weighted by Gasteiger charge is -1.64. The monoisotopic (exact) mass is 262 g/mol. The highest BCUT2D eigenvalue weighted by Crippen LogP contribution is 1.55. The van der Waals surface area contributed by atoms with Crippen LogP contribution in [0.5, 0.6) is 0 Å². The highest BCUT2D eigenvalue weighted by molar-refractivity contribution is 6.05. The average Bonchev–Trinajstić information content (AvgIpc) is 2.32. The van der Waals surface area contributed by atoms with Crippen LogP contribution in [0, 0.1) is 0 Å². The summed E-state index contributed by atoms with van der Waals surface area (Å²) in [5, 5.41) is 22.8. The molecule has 0 heterocycles. The van der Waals surface area contributed by atoms with E-state index < -0.39 is 17.9 Å². The van der Waals surface area contributed by atoms with Gasteiger partial charge < -0.3 is 15.3 Å². The Morgan fingerprint density at radius 3 is 0.824 bits per heavy atom. The summed E-state index contributed by atoms with van der Waals surface area (Å²) in [5.41, 5.74) is 0. The first-order valence-corrected chi connectivity index (χ1v) is 6.37. The van der Waals surface area contributed by atoms with E-state index in [-0.39, 0.29) is 0 Å². The zero-order chi connectivity index (χ0) is 14.9. The van der Waals surface area contributed by atoms with Crippen LogP contribution in [0.25, 0.3) is 0 Å². The number of carboxylic acids is 3.